The Labute approximate surface area is 138 Å². The van der Waals surface area contributed by atoms with Crippen molar-refractivity contribution in [2.75, 3.05) is 12.4 Å². The molecule has 1 atom stereocenters. The zero-order chi connectivity index (χ0) is 15.1. The molecule has 22 heavy (non-hydrogen) atoms. The standard InChI is InChI=1S/C15H12ClN2O3.ClH/c1-8(19)9-2-3-11-12(4-9)15-10(6-16)7-17-13(15)5-14(11)18(20)21;/h2-5,10H,6-7H2,1H3;1H. The van der Waals surface area contributed by atoms with Crippen LogP contribution < -0.4 is 5.32 Å². The maximum absolute atomic E-state index is 11.6. The molecule has 1 heterocycles. The number of carbonyl (C=O) groups excluding carboxylic acids is 1. The highest BCUT2D eigenvalue weighted by atomic mass is 35.5. The molecule has 0 N–H and O–H groups in total. The van der Waals surface area contributed by atoms with Gasteiger partial charge in [-0.1, -0.05) is 6.07 Å². The van der Waals surface area contributed by atoms with Gasteiger partial charge in [-0.05, 0) is 30.0 Å². The lowest BCUT2D eigenvalue weighted by Gasteiger charge is -2.11. The Hall–Kier alpha value is -1.85. The predicted octanol–water partition coefficient (Wildman–Crippen LogP) is 3.94. The number of nitro groups is 1. The summed E-state index contributed by atoms with van der Waals surface area (Å²) in [5.41, 5.74) is 2.07. The first-order valence-corrected chi connectivity index (χ1v) is 7.06. The molecule has 7 heteroatoms. The van der Waals surface area contributed by atoms with E-state index in [9.17, 15) is 14.9 Å². The van der Waals surface area contributed by atoms with E-state index in [0.717, 1.165) is 5.56 Å². The molecule has 1 aliphatic rings. The van der Waals surface area contributed by atoms with Crippen LogP contribution in [0.2, 0.25) is 0 Å². The van der Waals surface area contributed by atoms with Crippen LogP contribution in [0.5, 0.6) is 0 Å². The van der Waals surface area contributed by atoms with Crippen LogP contribution >= 0.6 is 24.0 Å². The van der Waals surface area contributed by atoms with E-state index in [1.165, 1.54) is 13.0 Å². The molecule has 0 fully saturated rings. The molecule has 0 bridgehead atoms. The summed E-state index contributed by atoms with van der Waals surface area (Å²) in [6.07, 6.45) is 0. The van der Waals surface area contributed by atoms with E-state index in [4.69, 9.17) is 11.6 Å². The van der Waals surface area contributed by atoms with Crippen LogP contribution in [0.4, 0.5) is 11.4 Å². The van der Waals surface area contributed by atoms with Gasteiger partial charge < -0.3 is 0 Å². The normalized spacial score (nSPS) is 15.8. The van der Waals surface area contributed by atoms with Gasteiger partial charge in [-0.3, -0.25) is 20.2 Å². The van der Waals surface area contributed by atoms with Crippen LogP contribution in [0.15, 0.2) is 24.3 Å². The summed E-state index contributed by atoms with van der Waals surface area (Å²) in [6.45, 7) is 2.00. The molecule has 0 aliphatic carbocycles. The van der Waals surface area contributed by atoms with Gasteiger partial charge in [0.1, 0.15) is 0 Å². The SMILES string of the molecule is CC(=O)c1ccc2c([N+](=O)[O-])cc3c(c2c1)C(CCl)C[N]3.Cl. The van der Waals surface area contributed by atoms with Gasteiger partial charge in [-0.2, -0.15) is 0 Å². The van der Waals surface area contributed by atoms with Crippen LogP contribution in [-0.4, -0.2) is 23.1 Å². The summed E-state index contributed by atoms with van der Waals surface area (Å²) in [5, 5.41) is 16.8. The number of nitrogens with zero attached hydrogens (tertiary/aromatic N) is 2. The number of carbonyl (C=O) groups is 1. The molecule has 115 valence electrons. The molecule has 0 aromatic heterocycles. The molecule has 1 radical (unpaired) electrons. The van der Waals surface area contributed by atoms with Gasteiger partial charge in [-0.15, -0.1) is 24.0 Å². The molecule has 0 amide bonds. The molecule has 0 spiro atoms. The van der Waals surface area contributed by atoms with E-state index in [0.29, 0.717) is 34.4 Å². The lowest BCUT2D eigenvalue weighted by atomic mass is 9.93. The summed E-state index contributed by atoms with van der Waals surface area (Å²) < 4.78 is 0. The van der Waals surface area contributed by atoms with E-state index < -0.39 is 4.92 Å². The van der Waals surface area contributed by atoms with Gasteiger partial charge in [0.05, 0.1) is 16.0 Å². The minimum Gasteiger partial charge on any atom is -0.295 e. The Morgan fingerprint density at radius 1 is 1.41 bits per heavy atom. The van der Waals surface area contributed by atoms with Crippen LogP contribution in [-0.2, 0) is 0 Å². The molecular formula is C15H13Cl2N2O3. The minimum absolute atomic E-state index is 0. The maximum Gasteiger partial charge on any atom is 0.279 e. The first kappa shape index (κ1) is 16.5. The highest BCUT2D eigenvalue weighted by molar-refractivity contribution is 6.18. The zero-order valence-corrected chi connectivity index (χ0v) is 13.3. The largest absolute Gasteiger partial charge is 0.295 e. The number of ketones is 1. The Bertz CT molecular complexity index is 777. The third kappa shape index (κ3) is 2.51. The Balaban J connectivity index is 0.00000176. The summed E-state index contributed by atoms with van der Waals surface area (Å²) in [6, 6.07) is 6.46. The number of benzene rings is 2. The molecule has 0 saturated heterocycles. The summed E-state index contributed by atoms with van der Waals surface area (Å²) in [4.78, 5) is 22.4. The van der Waals surface area contributed by atoms with Crippen molar-refractivity contribution in [1.29, 1.82) is 0 Å². The van der Waals surface area contributed by atoms with Gasteiger partial charge in [0.25, 0.3) is 5.69 Å². The number of fused-ring (bicyclic) bond motifs is 3. The van der Waals surface area contributed by atoms with Crippen LogP contribution in [0, 0.1) is 10.1 Å². The number of nitro benzene ring substituents is 1. The molecule has 1 aliphatic heterocycles. The van der Waals surface area contributed by atoms with E-state index in [2.05, 4.69) is 5.32 Å². The Kier molecular flexibility index (Phi) is 4.58. The lowest BCUT2D eigenvalue weighted by Crippen LogP contribution is -2.03. The molecule has 1 unspecified atom stereocenters. The van der Waals surface area contributed by atoms with Crippen molar-refractivity contribution in [3.05, 3.63) is 45.5 Å². The smallest absolute Gasteiger partial charge is 0.279 e. The van der Waals surface area contributed by atoms with Crippen molar-refractivity contribution in [3.63, 3.8) is 0 Å². The van der Waals surface area contributed by atoms with Crippen molar-refractivity contribution in [2.45, 2.75) is 12.8 Å². The van der Waals surface area contributed by atoms with Crippen LogP contribution in [0.1, 0.15) is 28.8 Å². The average molecular weight is 340 g/mol. The summed E-state index contributed by atoms with van der Waals surface area (Å²) >= 11 is 5.98. The number of hydrogen-bond acceptors (Lipinski definition) is 3. The lowest BCUT2D eigenvalue weighted by molar-refractivity contribution is -0.383. The zero-order valence-electron chi connectivity index (χ0n) is 11.7. The molecular weight excluding hydrogens is 327 g/mol. The topological polar surface area (TPSA) is 74.3 Å². The van der Waals surface area contributed by atoms with Crippen molar-refractivity contribution in [1.82, 2.24) is 5.32 Å². The number of Topliss-reactive ketones (excluding diaryl/α,β-unsaturated/α-hetero) is 1. The second-order valence-corrected chi connectivity index (χ2v) is 5.40. The molecule has 2 aromatic carbocycles. The first-order chi connectivity index (χ1) is 10.0. The second kappa shape index (κ2) is 6.10. The van der Waals surface area contributed by atoms with Gasteiger partial charge >= 0.3 is 0 Å². The van der Waals surface area contributed by atoms with E-state index >= 15 is 0 Å². The fraction of sp³-hybridized carbons (Fsp3) is 0.267. The van der Waals surface area contributed by atoms with Crippen molar-refractivity contribution in [2.24, 2.45) is 0 Å². The molecule has 5 nitrogen and oxygen atoms in total. The third-order valence-electron chi connectivity index (χ3n) is 3.81. The van der Waals surface area contributed by atoms with Crippen molar-refractivity contribution >= 4 is 51.9 Å². The van der Waals surface area contributed by atoms with Gasteiger partial charge in [0.15, 0.2) is 5.78 Å². The highest BCUT2D eigenvalue weighted by Gasteiger charge is 2.29. The third-order valence-corrected chi connectivity index (χ3v) is 4.19. The second-order valence-electron chi connectivity index (χ2n) is 5.09. The van der Waals surface area contributed by atoms with E-state index in [1.54, 1.807) is 18.2 Å². The first-order valence-electron chi connectivity index (χ1n) is 6.52. The van der Waals surface area contributed by atoms with Crippen LogP contribution in [0.3, 0.4) is 0 Å². The minimum atomic E-state index is -0.417. The van der Waals surface area contributed by atoms with Crippen LogP contribution in [0.25, 0.3) is 10.8 Å². The predicted molar refractivity (Wildman–Crippen MR) is 88.0 cm³/mol. The highest BCUT2D eigenvalue weighted by Crippen LogP contribution is 2.42. The van der Waals surface area contributed by atoms with Gasteiger partial charge in [-0.25, -0.2) is 0 Å². The Morgan fingerprint density at radius 2 is 2.14 bits per heavy atom. The number of non-ortho nitro benzene ring substituents is 1. The monoisotopic (exact) mass is 339 g/mol. The summed E-state index contributed by atoms with van der Waals surface area (Å²) in [7, 11) is 0. The molecule has 0 saturated carbocycles. The van der Waals surface area contributed by atoms with Gasteiger partial charge in [0, 0.05) is 30.0 Å². The van der Waals surface area contributed by atoms with Crippen molar-refractivity contribution < 1.29 is 9.72 Å². The summed E-state index contributed by atoms with van der Waals surface area (Å²) in [5.74, 6) is 0.356. The number of alkyl halides is 1. The van der Waals surface area contributed by atoms with E-state index in [1.807, 2.05) is 0 Å². The average Bonchev–Trinajstić information content (AvgIpc) is 2.88. The number of halogens is 2. The molecule has 2 aromatic rings. The Morgan fingerprint density at radius 3 is 2.73 bits per heavy atom. The quantitative estimate of drug-likeness (QED) is 0.368. The number of rotatable bonds is 3. The maximum atomic E-state index is 11.6. The fourth-order valence-electron chi connectivity index (χ4n) is 2.77. The van der Waals surface area contributed by atoms with Crippen molar-refractivity contribution in [3.8, 4) is 0 Å². The van der Waals surface area contributed by atoms with Gasteiger partial charge in [0.2, 0.25) is 0 Å². The molecule has 3 rings (SSSR count). The fourth-order valence-corrected chi connectivity index (χ4v) is 3.02. The number of hydrogen-bond donors (Lipinski definition) is 0. The van der Waals surface area contributed by atoms with E-state index in [-0.39, 0.29) is 29.8 Å².